The molecule has 0 aliphatic carbocycles. The summed E-state index contributed by atoms with van der Waals surface area (Å²) in [6.45, 7) is 1.01. The largest absolute Gasteiger partial charge is 0.493 e. The van der Waals surface area contributed by atoms with E-state index in [1.807, 2.05) is 24.3 Å². The highest BCUT2D eigenvalue weighted by Crippen LogP contribution is 2.18. The van der Waals surface area contributed by atoms with Crippen molar-refractivity contribution in [2.75, 3.05) is 25.0 Å². The number of carbonyl (C=O) groups excluding carboxylic acids is 3. The highest BCUT2D eigenvalue weighted by molar-refractivity contribution is 7.14. The third-order valence-electron chi connectivity index (χ3n) is 3.40. The molecule has 0 spiro atoms. The van der Waals surface area contributed by atoms with Gasteiger partial charge in [0.2, 0.25) is 5.91 Å². The van der Waals surface area contributed by atoms with Crippen LogP contribution in [0.2, 0.25) is 0 Å². The molecule has 10 nitrogen and oxygen atoms in total. The number of aromatic nitrogens is 1. The second kappa shape index (κ2) is 10.8. The van der Waals surface area contributed by atoms with Gasteiger partial charge in [-0.25, -0.2) is 9.78 Å². The Morgan fingerprint density at radius 1 is 1.18 bits per heavy atom. The summed E-state index contributed by atoms with van der Waals surface area (Å²) in [5, 5.41) is 9.29. The van der Waals surface area contributed by atoms with Crippen LogP contribution >= 0.6 is 11.3 Å². The number of nitrogens with one attached hydrogen (secondary N) is 3. The van der Waals surface area contributed by atoms with E-state index < -0.39 is 17.8 Å². The first-order valence-electron chi connectivity index (χ1n) is 8.47. The van der Waals surface area contributed by atoms with Crippen LogP contribution in [0.5, 0.6) is 5.75 Å². The van der Waals surface area contributed by atoms with Gasteiger partial charge in [-0.1, -0.05) is 18.2 Å². The molecular formula is C17H22N6O4S. The van der Waals surface area contributed by atoms with Crippen LogP contribution in [0.3, 0.4) is 0 Å². The number of hydrogen-bond donors (Lipinski definition) is 5. The molecule has 0 unspecified atom stereocenters. The van der Waals surface area contributed by atoms with E-state index in [-0.39, 0.29) is 23.9 Å². The standard InChI is InChI=1S/C17H22N6O4S/c18-6-3-7-27-13-5-2-1-4-11(13)8-21-16(26)23-17-22-12(10-28-17)15(25)20-9-14(19)24/h1-2,4-5,10H,3,6-9,18H2,(H2,19,24)(H,20,25)(H2,21,22,23,26). The summed E-state index contributed by atoms with van der Waals surface area (Å²) in [7, 11) is 0. The Balaban J connectivity index is 1.85. The molecule has 1 heterocycles. The van der Waals surface area contributed by atoms with E-state index >= 15 is 0 Å². The van der Waals surface area contributed by atoms with Gasteiger partial charge in [-0.05, 0) is 19.0 Å². The monoisotopic (exact) mass is 406 g/mol. The predicted molar refractivity (Wildman–Crippen MR) is 105 cm³/mol. The summed E-state index contributed by atoms with van der Waals surface area (Å²) in [5.74, 6) is -0.528. The maximum atomic E-state index is 12.1. The van der Waals surface area contributed by atoms with Crippen molar-refractivity contribution in [2.45, 2.75) is 13.0 Å². The van der Waals surface area contributed by atoms with Crippen molar-refractivity contribution in [3.05, 3.63) is 40.9 Å². The minimum Gasteiger partial charge on any atom is -0.493 e. The maximum Gasteiger partial charge on any atom is 0.321 e. The number of nitrogens with zero attached hydrogens (tertiary/aromatic N) is 1. The minimum atomic E-state index is -0.659. The molecule has 4 amide bonds. The Kier molecular flexibility index (Phi) is 8.18. The van der Waals surface area contributed by atoms with Crippen molar-refractivity contribution in [2.24, 2.45) is 11.5 Å². The van der Waals surface area contributed by atoms with Gasteiger partial charge in [0.25, 0.3) is 5.91 Å². The molecule has 2 rings (SSSR count). The zero-order chi connectivity index (χ0) is 20.4. The van der Waals surface area contributed by atoms with Crippen molar-refractivity contribution in [3.63, 3.8) is 0 Å². The number of hydrogen-bond acceptors (Lipinski definition) is 7. The zero-order valence-corrected chi connectivity index (χ0v) is 15.9. The molecular weight excluding hydrogens is 384 g/mol. The van der Waals surface area contributed by atoms with Crippen molar-refractivity contribution >= 4 is 34.3 Å². The van der Waals surface area contributed by atoms with Crippen LogP contribution in [0.25, 0.3) is 0 Å². The second-order valence-corrected chi connectivity index (χ2v) is 6.45. The molecule has 0 atom stereocenters. The Morgan fingerprint density at radius 2 is 1.96 bits per heavy atom. The van der Waals surface area contributed by atoms with Crippen LogP contribution in [0.1, 0.15) is 22.5 Å². The highest BCUT2D eigenvalue weighted by atomic mass is 32.1. The fraction of sp³-hybridized carbons (Fsp3) is 0.294. The maximum absolute atomic E-state index is 12.1. The molecule has 0 saturated carbocycles. The Labute approximate surface area is 165 Å². The topological polar surface area (TPSA) is 161 Å². The third kappa shape index (κ3) is 6.85. The molecule has 2 aromatic rings. The molecule has 1 aromatic carbocycles. The van der Waals surface area contributed by atoms with Gasteiger partial charge >= 0.3 is 6.03 Å². The summed E-state index contributed by atoms with van der Waals surface area (Å²) in [6.07, 6.45) is 0.738. The van der Waals surface area contributed by atoms with Crippen LogP contribution < -0.4 is 32.2 Å². The summed E-state index contributed by atoms with van der Waals surface area (Å²) in [4.78, 5) is 38.5. The van der Waals surface area contributed by atoms with Gasteiger partial charge in [-0.3, -0.25) is 14.9 Å². The number of para-hydroxylation sites is 1. The highest BCUT2D eigenvalue weighted by Gasteiger charge is 2.13. The number of benzene rings is 1. The van der Waals surface area contributed by atoms with E-state index in [1.165, 1.54) is 5.38 Å². The summed E-state index contributed by atoms with van der Waals surface area (Å²) in [5.41, 5.74) is 11.3. The average Bonchev–Trinajstić information content (AvgIpc) is 3.14. The molecule has 0 fully saturated rings. The van der Waals surface area contributed by atoms with Crippen molar-refractivity contribution in [1.82, 2.24) is 15.6 Å². The van der Waals surface area contributed by atoms with E-state index in [4.69, 9.17) is 16.2 Å². The molecule has 150 valence electrons. The number of ether oxygens (including phenoxy) is 1. The molecule has 0 bridgehead atoms. The number of anilines is 1. The lowest BCUT2D eigenvalue weighted by atomic mass is 10.2. The number of urea groups is 1. The van der Waals surface area contributed by atoms with Gasteiger partial charge in [0.05, 0.1) is 13.2 Å². The number of nitrogens with two attached hydrogens (primary N) is 2. The van der Waals surface area contributed by atoms with Crippen molar-refractivity contribution in [3.8, 4) is 5.75 Å². The molecule has 7 N–H and O–H groups in total. The van der Waals surface area contributed by atoms with E-state index in [1.54, 1.807) is 0 Å². The Morgan fingerprint density at radius 3 is 2.71 bits per heavy atom. The van der Waals surface area contributed by atoms with Crippen LogP contribution in [-0.2, 0) is 11.3 Å². The number of thiazole rings is 1. The fourth-order valence-electron chi connectivity index (χ4n) is 2.07. The van der Waals surface area contributed by atoms with Gasteiger partial charge in [0.1, 0.15) is 11.4 Å². The van der Waals surface area contributed by atoms with Gasteiger partial charge in [0, 0.05) is 17.5 Å². The van der Waals surface area contributed by atoms with E-state index in [2.05, 4.69) is 20.9 Å². The average molecular weight is 406 g/mol. The molecule has 0 radical (unpaired) electrons. The van der Waals surface area contributed by atoms with Gasteiger partial charge < -0.3 is 26.8 Å². The van der Waals surface area contributed by atoms with Crippen LogP contribution in [-0.4, -0.2) is 42.5 Å². The van der Waals surface area contributed by atoms with E-state index in [0.717, 1.165) is 23.3 Å². The van der Waals surface area contributed by atoms with Crippen molar-refractivity contribution < 1.29 is 19.1 Å². The van der Waals surface area contributed by atoms with Crippen LogP contribution in [0, 0.1) is 0 Å². The molecule has 11 heteroatoms. The van der Waals surface area contributed by atoms with Gasteiger partial charge in [-0.15, -0.1) is 11.3 Å². The normalized spacial score (nSPS) is 10.2. The molecule has 0 saturated heterocycles. The lowest BCUT2D eigenvalue weighted by Crippen LogP contribution is -2.33. The fourth-order valence-corrected chi connectivity index (χ4v) is 2.75. The van der Waals surface area contributed by atoms with Crippen molar-refractivity contribution in [1.29, 1.82) is 0 Å². The smallest absolute Gasteiger partial charge is 0.321 e. The first-order valence-corrected chi connectivity index (χ1v) is 9.35. The number of rotatable bonds is 10. The SMILES string of the molecule is NCCCOc1ccccc1CNC(=O)Nc1nc(C(=O)NCC(N)=O)cs1. The summed E-state index contributed by atoms with van der Waals surface area (Å²) in [6, 6.07) is 6.89. The molecule has 28 heavy (non-hydrogen) atoms. The number of primary amides is 1. The van der Waals surface area contributed by atoms with Gasteiger partial charge in [-0.2, -0.15) is 0 Å². The first kappa shape index (κ1) is 21.1. The third-order valence-corrected chi connectivity index (χ3v) is 4.16. The molecule has 0 aliphatic heterocycles. The Bertz CT molecular complexity index is 825. The van der Waals surface area contributed by atoms with Crippen LogP contribution in [0.4, 0.5) is 9.93 Å². The lowest BCUT2D eigenvalue weighted by Gasteiger charge is -2.12. The number of amides is 4. The van der Waals surface area contributed by atoms with Gasteiger partial charge in [0.15, 0.2) is 5.13 Å². The lowest BCUT2D eigenvalue weighted by molar-refractivity contribution is -0.117. The summed E-state index contributed by atoms with van der Waals surface area (Å²) >= 11 is 1.08. The summed E-state index contributed by atoms with van der Waals surface area (Å²) < 4.78 is 5.66. The Hall–Kier alpha value is -3.18. The number of carbonyl (C=O) groups is 3. The quantitative estimate of drug-likeness (QED) is 0.359. The first-order chi connectivity index (χ1) is 13.5. The van der Waals surface area contributed by atoms with E-state index in [9.17, 15) is 14.4 Å². The predicted octanol–water partition coefficient (Wildman–Crippen LogP) is 0.408. The zero-order valence-electron chi connectivity index (χ0n) is 15.1. The molecule has 1 aromatic heterocycles. The minimum absolute atomic E-state index is 0.0835. The second-order valence-electron chi connectivity index (χ2n) is 5.59. The van der Waals surface area contributed by atoms with Crippen LogP contribution in [0.15, 0.2) is 29.6 Å². The molecule has 0 aliphatic rings. The van der Waals surface area contributed by atoms with E-state index in [0.29, 0.717) is 18.9 Å².